The highest BCUT2D eigenvalue weighted by atomic mass is 16.2. The topological polar surface area (TPSA) is 62.2 Å². The fourth-order valence-corrected chi connectivity index (χ4v) is 3.84. The predicted octanol–water partition coefficient (Wildman–Crippen LogP) is 2.08. The monoisotopic (exact) mass is 337 g/mol. The molecule has 0 saturated carbocycles. The quantitative estimate of drug-likeness (QED) is 0.858. The molecule has 1 aliphatic carbocycles. The van der Waals surface area contributed by atoms with Gasteiger partial charge in [0, 0.05) is 49.4 Å². The summed E-state index contributed by atoms with van der Waals surface area (Å²) in [7, 11) is 1.88. The number of fused-ring (bicyclic) bond motifs is 1. The molecule has 0 radical (unpaired) electrons. The molecule has 0 aromatic carbocycles. The highest BCUT2D eigenvalue weighted by Crippen LogP contribution is 2.33. The van der Waals surface area contributed by atoms with E-state index in [1.165, 1.54) is 5.56 Å². The Balaban J connectivity index is 1.81. The van der Waals surface area contributed by atoms with Crippen molar-refractivity contribution < 1.29 is 4.79 Å². The van der Waals surface area contributed by atoms with E-state index in [2.05, 4.69) is 16.8 Å². The second kappa shape index (κ2) is 6.43. The zero-order chi connectivity index (χ0) is 17.4. The lowest BCUT2D eigenvalue weighted by molar-refractivity contribution is -0.132. The van der Waals surface area contributed by atoms with Crippen molar-refractivity contribution >= 4 is 11.7 Å². The van der Waals surface area contributed by atoms with Crippen molar-refractivity contribution in [3.05, 3.63) is 35.8 Å². The average Bonchev–Trinajstić information content (AvgIpc) is 3.12. The number of hydrogen-bond acceptors (Lipinski definition) is 5. The minimum Gasteiger partial charge on any atom is -0.342 e. The smallest absolute Gasteiger partial charge is 0.245 e. The summed E-state index contributed by atoms with van der Waals surface area (Å²) in [6.07, 6.45) is 7.40. The summed E-state index contributed by atoms with van der Waals surface area (Å²) in [5.41, 5.74) is 3.34. The number of carbonyl (C=O) groups is 1. The molecule has 1 aliphatic heterocycles. The fraction of sp³-hybridized carbons (Fsp3) is 0.474. The fourth-order valence-electron chi connectivity index (χ4n) is 3.84. The first-order valence-electron chi connectivity index (χ1n) is 9.01. The Morgan fingerprint density at radius 3 is 2.72 bits per heavy atom. The van der Waals surface area contributed by atoms with Crippen LogP contribution in [0.2, 0.25) is 0 Å². The van der Waals surface area contributed by atoms with E-state index in [1.807, 2.05) is 24.1 Å². The second-order valence-corrected chi connectivity index (χ2v) is 6.76. The van der Waals surface area contributed by atoms with Gasteiger partial charge in [0.1, 0.15) is 11.9 Å². The van der Waals surface area contributed by atoms with Gasteiger partial charge < -0.3 is 9.80 Å². The van der Waals surface area contributed by atoms with Crippen LogP contribution in [0.25, 0.3) is 11.4 Å². The van der Waals surface area contributed by atoms with E-state index in [0.717, 1.165) is 61.7 Å². The third-order valence-electron chi connectivity index (χ3n) is 5.22. The van der Waals surface area contributed by atoms with Crippen molar-refractivity contribution in [1.82, 2.24) is 19.9 Å². The molecule has 0 bridgehead atoms. The van der Waals surface area contributed by atoms with Gasteiger partial charge in [0.05, 0.1) is 0 Å². The van der Waals surface area contributed by atoms with Gasteiger partial charge in [-0.2, -0.15) is 0 Å². The lowest BCUT2D eigenvalue weighted by Gasteiger charge is -2.40. The van der Waals surface area contributed by atoms with Gasteiger partial charge in [0.2, 0.25) is 5.91 Å². The molecule has 25 heavy (non-hydrogen) atoms. The van der Waals surface area contributed by atoms with E-state index in [4.69, 9.17) is 9.97 Å². The number of likely N-dealkylation sites (N-methyl/N-ethyl adjacent to an activating group) is 1. The Morgan fingerprint density at radius 2 is 1.96 bits per heavy atom. The van der Waals surface area contributed by atoms with Crippen LogP contribution in [0.4, 0.5) is 5.82 Å². The van der Waals surface area contributed by atoms with Crippen LogP contribution >= 0.6 is 0 Å². The zero-order valence-electron chi connectivity index (χ0n) is 14.8. The molecule has 2 aromatic rings. The van der Waals surface area contributed by atoms with Crippen molar-refractivity contribution in [1.29, 1.82) is 0 Å². The molecule has 4 rings (SSSR count). The van der Waals surface area contributed by atoms with Crippen LogP contribution in [0.15, 0.2) is 24.5 Å². The Hall–Kier alpha value is -2.50. The highest BCUT2D eigenvalue weighted by molar-refractivity contribution is 5.86. The molecule has 2 aromatic heterocycles. The van der Waals surface area contributed by atoms with Crippen molar-refractivity contribution in [2.24, 2.45) is 0 Å². The van der Waals surface area contributed by atoms with Crippen LogP contribution in [0.5, 0.6) is 0 Å². The van der Waals surface area contributed by atoms with Gasteiger partial charge >= 0.3 is 0 Å². The van der Waals surface area contributed by atoms with Gasteiger partial charge in [0.25, 0.3) is 0 Å². The maximum absolute atomic E-state index is 12.6. The molecule has 1 unspecified atom stereocenters. The summed E-state index contributed by atoms with van der Waals surface area (Å²) in [6.45, 7) is 3.62. The van der Waals surface area contributed by atoms with Crippen molar-refractivity contribution in [3.8, 4) is 11.4 Å². The van der Waals surface area contributed by atoms with E-state index in [0.29, 0.717) is 0 Å². The molecule has 130 valence electrons. The Labute approximate surface area is 147 Å². The number of nitrogens with zero attached hydrogens (tertiary/aromatic N) is 5. The summed E-state index contributed by atoms with van der Waals surface area (Å²) in [5.74, 6) is 1.88. The van der Waals surface area contributed by atoms with Gasteiger partial charge in [-0.05, 0) is 37.8 Å². The normalized spacial score (nSPS) is 20.1. The molecule has 1 amide bonds. The van der Waals surface area contributed by atoms with Crippen LogP contribution < -0.4 is 4.90 Å². The molecule has 1 saturated heterocycles. The van der Waals surface area contributed by atoms with Gasteiger partial charge in [-0.1, -0.05) is 6.92 Å². The number of hydrogen-bond donors (Lipinski definition) is 0. The first-order valence-corrected chi connectivity index (χ1v) is 9.01. The van der Waals surface area contributed by atoms with Crippen molar-refractivity contribution in [2.45, 2.75) is 38.6 Å². The molecule has 1 atom stereocenters. The van der Waals surface area contributed by atoms with E-state index in [-0.39, 0.29) is 11.9 Å². The minimum atomic E-state index is -0.136. The predicted molar refractivity (Wildman–Crippen MR) is 96.4 cm³/mol. The lowest BCUT2D eigenvalue weighted by Crippen LogP contribution is -2.56. The number of aromatic nitrogens is 3. The number of anilines is 1. The van der Waals surface area contributed by atoms with Crippen LogP contribution in [0, 0.1) is 0 Å². The van der Waals surface area contributed by atoms with Gasteiger partial charge in [-0.3, -0.25) is 9.78 Å². The van der Waals surface area contributed by atoms with Gasteiger partial charge in [-0.25, -0.2) is 9.97 Å². The van der Waals surface area contributed by atoms with Crippen LogP contribution in [0.1, 0.15) is 31.0 Å². The Kier molecular flexibility index (Phi) is 4.11. The lowest BCUT2D eigenvalue weighted by atomic mass is 10.1. The molecule has 6 heteroatoms. The largest absolute Gasteiger partial charge is 0.342 e. The molecular formula is C19H23N5O. The summed E-state index contributed by atoms with van der Waals surface area (Å²) in [6, 6.07) is 3.74. The Bertz CT molecular complexity index is 792. The van der Waals surface area contributed by atoms with E-state index in [9.17, 15) is 4.79 Å². The molecule has 2 aliphatic rings. The third-order valence-corrected chi connectivity index (χ3v) is 5.22. The summed E-state index contributed by atoms with van der Waals surface area (Å²) in [4.78, 5) is 30.5. The minimum absolute atomic E-state index is 0.136. The van der Waals surface area contributed by atoms with E-state index in [1.54, 1.807) is 12.4 Å². The van der Waals surface area contributed by atoms with Crippen molar-refractivity contribution in [3.63, 3.8) is 0 Å². The van der Waals surface area contributed by atoms with Crippen LogP contribution in [0.3, 0.4) is 0 Å². The number of pyridine rings is 1. The highest BCUT2D eigenvalue weighted by Gasteiger charge is 2.35. The standard InChI is InChI=1S/C19H23N5O/c1-3-16-19(25)23(2)11-12-24(16)18-14-5-4-6-15(14)21-17(22-18)13-7-9-20-10-8-13/h7-10,16H,3-6,11-12H2,1-2H3. The first kappa shape index (κ1) is 16.0. The van der Waals surface area contributed by atoms with Crippen LogP contribution in [-0.4, -0.2) is 51.9 Å². The van der Waals surface area contributed by atoms with Gasteiger partial charge in [-0.15, -0.1) is 0 Å². The summed E-state index contributed by atoms with van der Waals surface area (Å²) < 4.78 is 0. The molecule has 1 fully saturated rings. The number of rotatable bonds is 3. The number of piperazine rings is 1. The second-order valence-electron chi connectivity index (χ2n) is 6.76. The third kappa shape index (κ3) is 2.75. The summed E-state index contributed by atoms with van der Waals surface area (Å²) >= 11 is 0. The van der Waals surface area contributed by atoms with E-state index < -0.39 is 0 Å². The summed E-state index contributed by atoms with van der Waals surface area (Å²) in [5, 5.41) is 0. The number of aryl methyl sites for hydroxylation is 1. The van der Waals surface area contributed by atoms with E-state index >= 15 is 0 Å². The average molecular weight is 337 g/mol. The zero-order valence-corrected chi connectivity index (χ0v) is 14.8. The molecule has 3 heterocycles. The Morgan fingerprint density at radius 1 is 1.16 bits per heavy atom. The molecule has 0 spiro atoms. The van der Waals surface area contributed by atoms with Crippen molar-refractivity contribution in [2.75, 3.05) is 25.0 Å². The molecule has 0 N–H and O–H groups in total. The maximum Gasteiger partial charge on any atom is 0.245 e. The molecule has 6 nitrogen and oxygen atoms in total. The first-order chi connectivity index (χ1) is 12.2. The van der Waals surface area contributed by atoms with Crippen LogP contribution in [-0.2, 0) is 17.6 Å². The molecular weight excluding hydrogens is 314 g/mol. The number of carbonyl (C=O) groups excluding carboxylic acids is 1. The SMILES string of the molecule is CCC1C(=O)N(C)CCN1c1nc(-c2ccncc2)nc2c1CCC2. The number of amides is 1. The van der Waals surface area contributed by atoms with Gasteiger partial charge in [0.15, 0.2) is 5.82 Å². The maximum atomic E-state index is 12.6.